The summed E-state index contributed by atoms with van der Waals surface area (Å²) >= 11 is 1.63. The van der Waals surface area contributed by atoms with Gasteiger partial charge in [-0.05, 0) is 45.0 Å². The molecule has 25 heavy (non-hydrogen) atoms. The summed E-state index contributed by atoms with van der Waals surface area (Å²) in [4.78, 5) is 29.1. The Morgan fingerprint density at radius 3 is 2.40 bits per heavy atom. The lowest BCUT2D eigenvalue weighted by Crippen LogP contribution is -2.29. The lowest BCUT2D eigenvalue weighted by atomic mass is 10.3. The molecule has 1 atom stereocenters. The first-order chi connectivity index (χ1) is 11.8. The van der Waals surface area contributed by atoms with Crippen LogP contribution in [0.25, 0.3) is 0 Å². The Hall–Kier alpha value is -2.00. The number of thiazole rings is 1. The number of aromatic nitrogens is 1. The number of amides is 1. The summed E-state index contributed by atoms with van der Waals surface area (Å²) in [6.07, 6.45) is -1.01. The molecule has 9 heteroatoms. The van der Waals surface area contributed by atoms with Gasteiger partial charge in [0, 0.05) is 10.6 Å². The normalized spacial score (nSPS) is 12.1. The number of nitrogens with one attached hydrogen (secondary N) is 1. The van der Waals surface area contributed by atoms with E-state index in [-0.39, 0.29) is 0 Å². The second-order valence-electron chi connectivity index (χ2n) is 5.09. The number of hydrogen-bond acceptors (Lipinski definition) is 6. The third kappa shape index (κ3) is 5.50. The Morgan fingerprint density at radius 2 is 1.88 bits per heavy atom. The smallest absolute Gasteiger partial charge is 0.351 e. The largest absolute Gasteiger partial charge is 0.448 e. The van der Waals surface area contributed by atoms with E-state index in [9.17, 15) is 18.4 Å². The summed E-state index contributed by atoms with van der Waals surface area (Å²) in [7, 11) is 0. The number of alkyl halides is 2. The van der Waals surface area contributed by atoms with Crippen molar-refractivity contribution in [1.82, 2.24) is 4.98 Å². The molecule has 0 unspecified atom stereocenters. The molecule has 0 radical (unpaired) electrons. The number of esters is 1. The molecule has 134 valence electrons. The van der Waals surface area contributed by atoms with Crippen molar-refractivity contribution in [3.05, 3.63) is 39.8 Å². The molecule has 2 rings (SSSR count). The standard InChI is InChI=1S/C16H16F2N2O3S2/c1-8-13(24-10(3)19-8)15(22)23-9(2)14(21)20-11-4-6-12(7-5-11)25-16(17)18/h4-7,9,16H,1-3H3,(H,20,21)/t9-/m1/s1. The zero-order valence-electron chi connectivity index (χ0n) is 13.7. The molecule has 1 amide bonds. The SMILES string of the molecule is Cc1nc(C)c(C(=O)O[C@H](C)C(=O)Nc2ccc(SC(F)F)cc2)s1. The van der Waals surface area contributed by atoms with Crippen molar-refractivity contribution in [3.8, 4) is 0 Å². The highest BCUT2D eigenvalue weighted by atomic mass is 32.2. The second-order valence-corrected chi connectivity index (χ2v) is 7.35. The number of thioether (sulfide) groups is 1. The molecular formula is C16H16F2N2O3S2. The minimum atomic E-state index is -2.50. The monoisotopic (exact) mass is 386 g/mol. The van der Waals surface area contributed by atoms with E-state index >= 15 is 0 Å². The average Bonchev–Trinajstić information content (AvgIpc) is 2.87. The summed E-state index contributed by atoms with van der Waals surface area (Å²) in [5, 5.41) is 3.31. The number of hydrogen-bond donors (Lipinski definition) is 1. The number of carbonyl (C=O) groups excluding carboxylic acids is 2. The highest BCUT2D eigenvalue weighted by Crippen LogP contribution is 2.26. The Labute approximate surface area is 151 Å². The number of benzene rings is 1. The fraction of sp³-hybridized carbons (Fsp3) is 0.312. The summed E-state index contributed by atoms with van der Waals surface area (Å²) in [5.74, 6) is -3.62. The molecule has 0 aliphatic carbocycles. The van der Waals surface area contributed by atoms with Gasteiger partial charge in [0.1, 0.15) is 4.88 Å². The van der Waals surface area contributed by atoms with Crippen LogP contribution in [0.5, 0.6) is 0 Å². The van der Waals surface area contributed by atoms with Gasteiger partial charge in [-0.2, -0.15) is 8.78 Å². The van der Waals surface area contributed by atoms with Gasteiger partial charge < -0.3 is 10.1 Å². The van der Waals surface area contributed by atoms with Crippen molar-refractivity contribution in [1.29, 1.82) is 0 Å². The van der Waals surface area contributed by atoms with Crippen molar-refractivity contribution in [3.63, 3.8) is 0 Å². The van der Waals surface area contributed by atoms with Gasteiger partial charge in [0.05, 0.1) is 10.7 Å². The summed E-state index contributed by atoms with van der Waals surface area (Å²) in [6, 6.07) is 5.97. The van der Waals surface area contributed by atoms with E-state index in [0.717, 1.165) is 5.01 Å². The fourth-order valence-corrected chi connectivity index (χ4v) is 3.25. The molecule has 2 aromatic rings. The molecule has 0 bridgehead atoms. The van der Waals surface area contributed by atoms with Crippen LogP contribution in [0.3, 0.4) is 0 Å². The highest BCUT2D eigenvalue weighted by Gasteiger charge is 2.22. The van der Waals surface area contributed by atoms with E-state index in [1.54, 1.807) is 13.8 Å². The number of rotatable bonds is 6. The molecule has 0 aliphatic rings. The minimum Gasteiger partial charge on any atom is -0.448 e. The molecular weight excluding hydrogens is 370 g/mol. The molecule has 1 heterocycles. The Kier molecular flexibility index (Phi) is 6.49. The number of anilines is 1. The van der Waals surface area contributed by atoms with Gasteiger partial charge in [0.15, 0.2) is 6.10 Å². The van der Waals surface area contributed by atoms with E-state index in [2.05, 4.69) is 10.3 Å². The van der Waals surface area contributed by atoms with E-state index in [1.165, 1.54) is 42.5 Å². The number of aryl methyl sites for hydroxylation is 2. The number of ether oxygens (including phenoxy) is 1. The van der Waals surface area contributed by atoms with Crippen LogP contribution in [0.15, 0.2) is 29.2 Å². The van der Waals surface area contributed by atoms with E-state index in [1.807, 2.05) is 0 Å². The molecule has 5 nitrogen and oxygen atoms in total. The van der Waals surface area contributed by atoms with Crippen LogP contribution in [0.2, 0.25) is 0 Å². The van der Waals surface area contributed by atoms with Gasteiger partial charge in [-0.15, -0.1) is 11.3 Å². The fourth-order valence-electron chi connectivity index (χ4n) is 1.95. The van der Waals surface area contributed by atoms with Crippen LogP contribution < -0.4 is 5.32 Å². The first-order valence-electron chi connectivity index (χ1n) is 7.27. The van der Waals surface area contributed by atoms with Gasteiger partial charge in [-0.1, -0.05) is 11.8 Å². The van der Waals surface area contributed by atoms with Gasteiger partial charge in [-0.25, -0.2) is 9.78 Å². The molecule has 1 aromatic heterocycles. The van der Waals surface area contributed by atoms with E-state index in [0.29, 0.717) is 32.9 Å². The maximum Gasteiger partial charge on any atom is 0.351 e. The quantitative estimate of drug-likeness (QED) is 0.593. The summed E-state index contributed by atoms with van der Waals surface area (Å²) in [6.45, 7) is 4.93. The molecule has 0 saturated heterocycles. The maximum atomic E-state index is 12.3. The van der Waals surface area contributed by atoms with Gasteiger partial charge in [-0.3, -0.25) is 4.79 Å². The first kappa shape index (κ1) is 19.3. The molecule has 0 fully saturated rings. The Balaban J connectivity index is 1.93. The van der Waals surface area contributed by atoms with Crippen molar-refractivity contribution in [2.45, 2.75) is 37.5 Å². The van der Waals surface area contributed by atoms with Crippen LogP contribution in [0.4, 0.5) is 14.5 Å². The third-order valence-electron chi connectivity index (χ3n) is 3.09. The van der Waals surface area contributed by atoms with Gasteiger partial charge >= 0.3 is 5.97 Å². The summed E-state index contributed by atoms with van der Waals surface area (Å²) in [5.41, 5.74) is 0.989. The number of nitrogens with zero attached hydrogens (tertiary/aromatic N) is 1. The lowest BCUT2D eigenvalue weighted by Gasteiger charge is -2.13. The van der Waals surface area contributed by atoms with Gasteiger partial charge in [0.25, 0.3) is 11.7 Å². The third-order valence-corrected chi connectivity index (χ3v) is 4.86. The van der Waals surface area contributed by atoms with Crippen molar-refractivity contribution >= 4 is 40.7 Å². The molecule has 0 saturated carbocycles. The topological polar surface area (TPSA) is 68.3 Å². The van der Waals surface area contributed by atoms with Crippen LogP contribution >= 0.6 is 23.1 Å². The zero-order chi connectivity index (χ0) is 18.6. The predicted molar refractivity (Wildman–Crippen MR) is 93.4 cm³/mol. The molecule has 0 spiro atoms. The highest BCUT2D eigenvalue weighted by molar-refractivity contribution is 7.99. The van der Waals surface area contributed by atoms with Crippen LogP contribution in [-0.4, -0.2) is 28.7 Å². The van der Waals surface area contributed by atoms with Crippen molar-refractivity contribution in [2.24, 2.45) is 0 Å². The van der Waals surface area contributed by atoms with Crippen LogP contribution in [0, 0.1) is 13.8 Å². The Bertz CT molecular complexity index is 763. The van der Waals surface area contributed by atoms with Gasteiger partial charge in [0.2, 0.25) is 0 Å². The van der Waals surface area contributed by atoms with E-state index < -0.39 is 23.7 Å². The number of halogens is 2. The second kappa shape index (κ2) is 8.39. The molecule has 0 aliphatic heterocycles. The Morgan fingerprint density at radius 1 is 1.24 bits per heavy atom. The minimum absolute atomic E-state index is 0.366. The van der Waals surface area contributed by atoms with Crippen molar-refractivity contribution < 1.29 is 23.1 Å². The zero-order valence-corrected chi connectivity index (χ0v) is 15.3. The maximum absolute atomic E-state index is 12.3. The van der Waals surface area contributed by atoms with Crippen LogP contribution in [0.1, 0.15) is 27.3 Å². The lowest BCUT2D eigenvalue weighted by molar-refractivity contribution is -0.123. The predicted octanol–water partition coefficient (Wildman–Crippen LogP) is 4.26. The molecule has 1 N–H and O–H groups in total. The van der Waals surface area contributed by atoms with Crippen LogP contribution in [-0.2, 0) is 9.53 Å². The first-order valence-corrected chi connectivity index (χ1v) is 8.96. The summed E-state index contributed by atoms with van der Waals surface area (Å²) < 4.78 is 29.7. The molecule has 1 aromatic carbocycles. The van der Waals surface area contributed by atoms with E-state index in [4.69, 9.17) is 4.74 Å². The van der Waals surface area contributed by atoms with Crippen molar-refractivity contribution in [2.75, 3.05) is 5.32 Å². The number of carbonyl (C=O) groups is 2. The average molecular weight is 386 g/mol.